The van der Waals surface area contributed by atoms with E-state index in [9.17, 15) is 9.18 Å². The van der Waals surface area contributed by atoms with Crippen LogP contribution in [0.25, 0.3) is 0 Å². The Balaban J connectivity index is 2.17. The summed E-state index contributed by atoms with van der Waals surface area (Å²) in [5, 5.41) is 0. The predicted molar refractivity (Wildman–Crippen MR) is 82.8 cm³/mol. The highest BCUT2D eigenvalue weighted by Crippen LogP contribution is 2.26. The molecular formula is C16H13FN4O. The predicted octanol–water partition coefficient (Wildman–Crippen LogP) is 1.74. The highest BCUT2D eigenvalue weighted by molar-refractivity contribution is 6.41. The number of halogens is 1. The molecule has 22 heavy (non-hydrogen) atoms. The van der Waals surface area contributed by atoms with Gasteiger partial charge in [0.15, 0.2) is 0 Å². The minimum Gasteiger partial charge on any atom is -0.289 e. The SMILES string of the molecule is NNC(=O)C1=Nc2ccccc2C(c2ccccc2F)=NC1. The topological polar surface area (TPSA) is 79.8 Å². The van der Waals surface area contributed by atoms with Crippen molar-refractivity contribution in [2.75, 3.05) is 6.54 Å². The number of aliphatic imine (C=N–C) groups is 2. The van der Waals surface area contributed by atoms with Crippen LogP contribution < -0.4 is 11.3 Å². The largest absolute Gasteiger partial charge is 0.289 e. The number of benzene rings is 2. The van der Waals surface area contributed by atoms with Crippen LogP contribution in [-0.4, -0.2) is 23.9 Å². The lowest BCUT2D eigenvalue weighted by atomic mass is 10.0. The molecule has 5 nitrogen and oxygen atoms in total. The van der Waals surface area contributed by atoms with E-state index in [1.165, 1.54) is 6.07 Å². The summed E-state index contributed by atoms with van der Waals surface area (Å²) in [5.74, 6) is 4.28. The van der Waals surface area contributed by atoms with Gasteiger partial charge in [-0.15, -0.1) is 0 Å². The molecule has 0 spiro atoms. The lowest BCUT2D eigenvalue weighted by molar-refractivity contribution is -0.114. The van der Waals surface area contributed by atoms with Crippen molar-refractivity contribution in [1.82, 2.24) is 5.43 Å². The van der Waals surface area contributed by atoms with Crippen molar-refractivity contribution < 1.29 is 9.18 Å². The standard InChI is InChI=1S/C16H13FN4O/c17-12-7-3-1-5-10(12)15-11-6-2-4-8-13(11)20-14(9-19-15)16(22)21-18/h1-8H,9,18H2,(H,21,22). The van der Waals surface area contributed by atoms with E-state index < -0.39 is 5.91 Å². The van der Waals surface area contributed by atoms with Crippen LogP contribution in [0.4, 0.5) is 10.1 Å². The highest BCUT2D eigenvalue weighted by Gasteiger charge is 2.20. The molecule has 1 amide bonds. The fraction of sp³-hybridized carbons (Fsp3) is 0.0625. The molecule has 1 heterocycles. The first-order valence-electron chi connectivity index (χ1n) is 6.68. The Morgan fingerprint density at radius 3 is 2.50 bits per heavy atom. The summed E-state index contributed by atoms with van der Waals surface area (Å²) >= 11 is 0. The number of fused-ring (bicyclic) bond motifs is 1. The highest BCUT2D eigenvalue weighted by atomic mass is 19.1. The summed E-state index contributed by atoms with van der Waals surface area (Å²) in [4.78, 5) is 20.4. The van der Waals surface area contributed by atoms with Crippen LogP contribution in [0.15, 0.2) is 58.5 Å². The normalized spacial score (nSPS) is 13.5. The van der Waals surface area contributed by atoms with Gasteiger partial charge in [-0.1, -0.05) is 30.3 Å². The van der Waals surface area contributed by atoms with Gasteiger partial charge in [0.2, 0.25) is 0 Å². The van der Waals surface area contributed by atoms with E-state index in [2.05, 4.69) is 9.98 Å². The molecule has 0 unspecified atom stereocenters. The number of nitrogens with one attached hydrogen (secondary N) is 1. The van der Waals surface area contributed by atoms with E-state index in [1.54, 1.807) is 36.4 Å². The summed E-state index contributed by atoms with van der Waals surface area (Å²) in [6.07, 6.45) is 0. The van der Waals surface area contributed by atoms with Gasteiger partial charge in [0, 0.05) is 11.1 Å². The van der Waals surface area contributed by atoms with E-state index in [0.29, 0.717) is 22.5 Å². The molecular weight excluding hydrogens is 283 g/mol. The third kappa shape index (κ3) is 2.51. The molecule has 1 aliphatic rings. The minimum absolute atomic E-state index is 0.0291. The van der Waals surface area contributed by atoms with Gasteiger partial charge in [-0.2, -0.15) is 0 Å². The Hall–Kier alpha value is -2.86. The maximum absolute atomic E-state index is 14.1. The Kier molecular flexibility index (Phi) is 3.76. The number of amides is 1. The molecule has 0 aliphatic carbocycles. The van der Waals surface area contributed by atoms with Gasteiger partial charge >= 0.3 is 0 Å². The van der Waals surface area contributed by atoms with Crippen molar-refractivity contribution in [3.8, 4) is 0 Å². The lowest BCUT2D eigenvalue weighted by Gasteiger charge is -2.08. The molecule has 0 aromatic heterocycles. The molecule has 3 N–H and O–H groups in total. The van der Waals surface area contributed by atoms with Crippen molar-refractivity contribution in [3.05, 3.63) is 65.5 Å². The van der Waals surface area contributed by atoms with Crippen molar-refractivity contribution >= 4 is 23.0 Å². The third-order valence-electron chi connectivity index (χ3n) is 3.32. The number of hydrazine groups is 1. The second-order valence-corrected chi connectivity index (χ2v) is 4.69. The average Bonchev–Trinajstić information content (AvgIpc) is 2.74. The van der Waals surface area contributed by atoms with E-state index in [4.69, 9.17) is 5.84 Å². The van der Waals surface area contributed by atoms with Crippen LogP contribution >= 0.6 is 0 Å². The Bertz CT molecular complexity index is 798. The zero-order valence-corrected chi connectivity index (χ0v) is 11.6. The average molecular weight is 296 g/mol. The Labute approximate surface area is 126 Å². The molecule has 0 radical (unpaired) electrons. The van der Waals surface area contributed by atoms with E-state index in [0.717, 1.165) is 0 Å². The first-order valence-corrected chi connectivity index (χ1v) is 6.68. The van der Waals surface area contributed by atoms with Crippen molar-refractivity contribution in [1.29, 1.82) is 0 Å². The molecule has 110 valence electrons. The van der Waals surface area contributed by atoms with Gasteiger partial charge in [-0.25, -0.2) is 15.2 Å². The first kappa shape index (κ1) is 14.1. The molecule has 0 atom stereocenters. The zero-order chi connectivity index (χ0) is 15.5. The van der Waals surface area contributed by atoms with Gasteiger partial charge in [0.05, 0.1) is 17.9 Å². The molecule has 3 rings (SSSR count). The second kappa shape index (κ2) is 5.87. The Morgan fingerprint density at radius 1 is 1.09 bits per heavy atom. The number of nitrogens with two attached hydrogens (primary N) is 1. The molecule has 0 saturated heterocycles. The number of nitrogens with zero attached hydrogens (tertiary/aromatic N) is 2. The number of rotatable bonds is 2. The quantitative estimate of drug-likeness (QED) is 0.503. The molecule has 2 aromatic carbocycles. The fourth-order valence-corrected chi connectivity index (χ4v) is 2.28. The third-order valence-corrected chi connectivity index (χ3v) is 3.32. The van der Waals surface area contributed by atoms with E-state index >= 15 is 0 Å². The van der Waals surface area contributed by atoms with Crippen LogP contribution in [0.1, 0.15) is 11.1 Å². The van der Waals surface area contributed by atoms with Crippen LogP contribution in [0, 0.1) is 5.82 Å². The van der Waals surface area contributed by atoms with Crippen molar-refractivity contribution in [2.45, 2.75) is 0 Å². The molecule has 0 saturated carbocycles. The number of carbonyl (C=O) groups excluding carboxylic acids is 1. The van der Waals surface area contributed by atoms with Crippen LogP contribution in [-0.2, 0) is 4.79 Å². The number of hydrogen-bond acceptors (Lipinski definition) is 4. The zero-order valence-electron chi connectivity index (χ0n) is 11.6. The molecule has 1 aliphatic heterocycles. The summed E-state index contributed by atoms with van der Waals surface area (Å²) in [5.41, 5.74) is 4.30. The number of carbonyl (C=O) groups is 1. The summed E-state index contributed by atoms with van der Waals surface area (Å²) in [6.45, 7) is 0.0291. The lowest BCUT2D eigenvalue weighted by Crippen LogP contribution is -2.37. The summed E-state index contributed by atoms with van der Waals surface area (Å²) < 4.78 is 14.1. The van der Waals surface area contributed by atoms with Crippen molar-refractivity contribution in [2.24, 2.45) is 15.8 Å². The second-order valence-electron chi connectivity index (χ2n) is 4.69. The smallest absolute Gasteiger partial charge is 0.281 e. The van der Waals surface area contributed by atoms with Gasteiger partial charge in [0.1, 0.15) is 11.5 Å². The van der Waals surface area contributed by atoms with Crippen molar-refractivity contribution in [3.63, 3.8) is 0 Å². The Morgan fingerprint density at radius 2 is 1.77 bits per heavy atom. The van der Waals surface area contributed by atoms with E-state index in [1.807, 2.05) is 11.5 Å². The van der Waals surface area contributed by atoms with E-state index in [-0.39, 0.29) is 18.1 Å². The summed E-state index contributed by atoms with van der Waals surface area (Å²) in [7, 11) is 0. The molecule has 6 heteroatoms. The number of para-hydroxylation sites is 1. The van der Waals surface area contributed by atoms with Gasteiger partial charge < -0.3 is 0 Å². The molecule has 2 aromatic rings. The first-order chi connectivity index (χ1) is 10.7. The van der Waals surface area contributed by atoms with Gasteiger partial charge in [-0.3, -0.25) is 15.2 Å². The minimum atomic E-state index is -0.506. The van der Waals surface area contributed by atoms with Gasteiger partial charge in [0.25, 0.3) is 5.91 Å². The molecule has 0 bridgehead atoms. The maximum atomic E-state index is 14.1. The number of hydrogen-bond donors (Lipinski definition) is 2. The van der Waals surface area contributed by atoms with Crippen LogP contribution in [0.5, 0.6) is 0 Å². The fourth-order valence-electron chi connectivity index (χ4n) is 2.28. The monoisotopic (exact) mass is 296 g/mol. The summed E-state index contributed by atoms with van der Waals surface area (Å²) in [6, 6.07) is 13.5. The molecule has 0 fully saturated rings. The van der Waals surface area contributed by atoms with Gasteiger partial charge in [-0.05, 0) is 18.2 Å². The van der Waals surface area contributed by atoms with Crippen LogP contribution in [0.3, 0.4) is 0 Å². The maximum Gasteiger partial charge on any atom is 0.281 e. The van der Waals surface area contributed by atoms with Crippen LogP contribution in [0.2, 0.25) is 0 Å².